The molecule has 110 valence electrons. The highest BCUT2D eigenvalue weighted by Crippen LogP contribution is 2.49. The molecule has 1 aliphatic rings. The summed E-state index contributed by atoms with van der Waals surface area (Å²) in [5, 5.41) is 0. The molecule has 0 amide bonds. The van der Waals surface area contributed by atoms with Gasteiger partial charge in [0.25, 0.3) is 0 Å². The normalized spacial score (nSPS) is 20.8. The molecule has 0 fully saturated rings. The summed E-state index contributed by atoms with van der Waals surface area (Å²) in [5.74, 6) is 1.22. The zero-order valence-corrected chi connectivity index (χ0v) is 13.4. The molecule has 1 heterocycles. The van der Waals surface area contributed by atoms with Gasteiger partial charge >= 0.3 is 0 Å². The van der Waals surface area contributed by atoms with Gasteiger partial charge in [-0.2, -0.15) is 0 Å². The molecule has 1 aromatic carbocycles. The van der Waals surface area contributed by atoms with Crippen molar-refractivity contribution in [1.82, 2.24) is 0 Å². The van der Waals surface area contributed by atoms with Crippen LogP contribution in [0.2, 0.25) is 0 Å². The lowest BCUT2D eigenvalue weighted by Gasteiger charge is -2.50. The third-order valence-electron chi connectivity index (χ3n) is 4.23. The van der Waals surface area contributed by atoms with Crippen LogP contribution in [0.15, 0.2) is 12.1 Å². The molecule has 0 spiro atoms. The number of ether oxygens (including phenoxy) is 1. The van der Waals surface area contributed by atoms with Crippen molar-refractivity contribution in [2.24, 2.45) is 0 Å². The minimum absolute atomic E-state index is 0.0799. The maximum atomic E-state index is 11.1. The Labute approximate surface area is 121 Å². The van der Waals surface area contributed by atoms with E-state index in [1.54, 1.807) is 7.11 Å². The Hall–Kier alpha value is -1.51. The Kier molecular flexibility index (Phi) is 3.81. The van der Waals surface area contributed by atoms with E-state index in [4.69, 9.17) is 4.74 Å². The first-order chi connectivity index (χ1) is 9.31. The monoisotopic (exact) mass is 275 g/mol. The second-order valence-corrected chi connectivity index (χ2v) is 6.66. The summed E-state index contributed by atoms with van der Waals surface area (Å²) in [4.78, 5) is 13.6. The van der Waals surface area contributed by atoms with Gasteiger partial charge in [-0.1, -0.05) is 6.92 Å². The van der Waals surface area contributed by atoms with Crippen molar-refractivity contribution in [3.05, 3.63) is 23.3 Å². The second-order valence-electron chi connectivity index (χ2n) is 6.66. The van der Waals surface area contributed by atoms with Crippen LogP contribution in [0.3, 0.4) is 0 Å². The third-order valence-corrected chi connectivity index (χ3v) is 4.23. The fourth-order valence-electron chi connectivity index (χ4n) is 3.73. The van der Waals surface area contributed by atoms with Crippen molar-refractivity contribution < 1.29 is 9.53 Å². The summed E-state index contributed by atoms with van der Waals surface area (Å²) in [6.07, 6.45) is 1.97. The average Bonchev–Trinajstić information content (AvgIpc) is 2.36. The lowest BCUT2D eigenvalue weighted by molar-refractivity contribution is 0.112. The molecule has 3 nitrogen and oxygen atoms in total. The van der Waals surface area contributed by atoms with Gasteiger partial charge in [-0.05, 0) is 57.7 Å². The smallest absolute Gasteiger partial charge is 0.150 e. The topological polar surface area (TPSA) is 29.5 Å². The number of carbonyl (C=O) groups excluding carboxylic acids is 1. The maximum absolute atomic E-state index is 11.1. The van der Waals surface area contributed by atoms with Gasteiger partial charge in [0.05, 0.1) is 12.8 Å². The van der Waals surface area contributed by atoms with Crippen LogP contribution in [-0.2, 0) is 0 Å². The van der Waals surface area contributed by atoms with Crippen molar-refractivity contribution >= 4 is 12.0 Å². The fraction of sp³-hybridized carbons (Fsp3) is 0.588. The van der Waals surface area contributed by atoms with Crippen LogP contribution in [0.1, 0.15) is 62.9 Å². The molecule has 20 heavy (non-hydrogen) atoms. The summed E-state index contributed by atoms with van der Waals surface area (Å²) < 4.78 is 5.58. The number of benzene rings is 1. The van der Waals surface area contributed by atoms with Crippen LogP contribution in [-0.4, -0.2) is 25.0 Å². The van der Waals surface area contributed by atoms with E-state index in [1.807, 2.05) is 12.1 Å². The predicted octanol–water partition coefficient (Wildman–Crippen LogP) is 4.01. The molecule has 0 aromatic heterocycles. The largest absolute Gasteiger partial charge is 0.495 e. The molecule has 0 radical (unpaired) electrons. The van der Waals surface area contributed by atoms with Gasteiger partial charge in [-0.15, -0.1) is 0 Å². The second kappa shape index (κ2) is 5.12. The van der Waals surface area contributed by atoms with Crippen LogP contribution in [0, 0.1) is 0 Å². The van der Waals surface area contributed by atoms with Crippen molar-refractivity contribution in [1.29, 1.82) is 0 Å². The molecular weight excluding hydrogens is 250 g/mol. The van der Waals surface area contributed by atoms with Crippen LogP contribution in [0.4, 0.5) is 5.69 Å². The van der Waals surface area contributed by atoms with Crippen LogP contribution in [0.5, 0.6) is 5.75 Å². The first-order valence-corrected chi connectivity index (χ1v) is 7.28. The number of aldehydes is 1. The van der Waals surface area contributed by atoms with E-state index in [0.717, 1.165) is 24.1 Å². The van der Waals surface area contributed by atoms with Gasteiger partial charge in [-0.25, -0.2) is 0 Å². The number of nitrogens with zero attached hydrogens (tertiary/aromatic N) is 1. The number of carbonyl (C=O) groups is 1. The zero-order chi connectivity index (χ0) is 15.1. The SMILES string of the molecule is COc1cc(C=O)cc2c1N(C(C)C)C(C)(C)C[C@H]2C. The zero-order valence-electron chi connectivity index (χ0n) is 13.4. The Morgan fingerprint density at radius 3 is 2.55 bits per heavy atom. The van der Waals surface area contributed by atoms with Crippen LogP contribution < -0.4 is 9.64 Å². The van der Waals surface area contributed by atoms with E-state index in [2.05, 4.69) is 39.5 Å². The highest BCUT2D eigenvalue weighted by atomic mass is 16.5. The molecule has 1 atom stereocenters. The Morgan fingerprint density at radius 1 is 1.40 bits per heavy atom. The maximum Gasteiger partial charge on any atom is 0.150 e. The van der Waals surface area contributed by atoms with Crippen molar-refractivity contribution in [3.8, 4) is 5.75 Å². The van der Waals surface area contributed by atoms with E-state index < -0.39 is 0 Å². The van der Waals surface area contributed by atoms with Gasteiger partial charge in [0.15, 0.2) is 0 Å². The standard InChI is InChI=1S/C17H25NO2/c1-11(2)18-16-14(12(3)9-17(18,4)5)7-13(10-19)8-15(16)20-6/h7-8,10-12H,9H2,1-6H3/t12-/m1/s1. The summed E-state index contributed by atoms with van der Waals surface area (Å²) >= 11 is 0. The summed E-state index contributed by atoms with van der Waals surface area (Å²) in [7, 11) is 1.68. The fourth-order valence-corrected chi connectivity index (χ4v) is 3.73. The molecule has 1 aromatic rings. The van der Waals surface area contributed by atoms with E-state index >= 15 is 0 Å². The molecule has 2 rings (SSSR count). The summed E-state index contributed by atoms with van der Waals surface area (Å²) in [5.41, 5.74) is 3.14. The van der Waals surface area contributed by atoms with Crippen molar-refractivity contribution in [3.63, 3.8) is 0 Å². The Bertz CT molecular complexity index is 520. The Morgan fingerprint density at radius 2 is 2.05 bits per heavy atom. The number of methoxy groups -OCH3 is 1. The molecule has 0 saturated carbocycles. The van der Waals surface area contributed by atoms with E-state index in [0.29, 0.717) is 17.5 Å². The van der Waals surface area contributed by atoms with Crippen LogP contribution in [0.25, 0.3) is 0 Å². The van der Waals surface area contributed by atoms with Crippen LogP contribution >= 0.6 is 0 Å². The predicted molar refractivity (Wildman–Crippen MR) is 83.1 cm³/mol. The number of hydrogen-bond acceptors (Lipinski definition) is 3. The first kappa shape index (κ1) is 14.9. The molecule has 0 bridgehead atoms. The lowest BCUT2D eigenvalue weighted by Crippen LogP contribution is -2.52. The molecule has 0 unspecified atom stereocenters. The third kappa shape index (κ3) is 2.30. The highest BCUT2D eigenvalue weighted by Gasteiger charge is 2.39. The summed E-state index contributed by atoms with van der Waals surface area (Å²) in [6, 6.07) is 4.24. The molecular formula is C17H25NO2. The van der Waals surface area contributed by atoms with Crippen molar-refractivity contribution in [2.45, 2.75) is 58.5 Å². The molecule has 0 N–H and O–H groups in total. The van der Waals surface area contributed by atoms with E-state index in [1.165, 1.54) is 5.56 Å². The van der Waals surface area contributed by atoms with Gasteiger partial charge < -0.3 is 9.64 Å². The minimum atomic E-state index is 0.0799. The van der Waals surface area contributed by atoms with E-state index in [-0.39, 0.29) is 5.54 Å². The van der Waals surface area contributed by atoms with Gasteiger partial charge in [0.1, 0.15) is 12.0 Å². The van der Waals surface area contributed by atoms with E-state index in [9.17, 15) is 4.79 Å². The van der Waals surface area contributed by atoms with Gasteiger partial charge in [0, 0.05) is 17.1 Å². The molecule has 3 heteroatoms. The molecule has 0 saturated heterocycles. The van der Waals surface area contributed by atoms with Crippen molar-refractivity contribution in [2.75, 3.05) is 12.0 Å². The number of anilines is 1. The minimum Gasteiger partial charge on any atom is -0.495 e. The quantitative estimate of drug-likeness (QED) is 0.781. The molecule has 1 aliphatic heterocycles. The lowest BCUT2D eigenvalue weighted by atomic mass is 9.78. The number of rotatable bonds is 3. The molecule has 0 aliphatic carbocycles. The number of fused-ring (bicyclic) bond motifs is 1. The van der Waals surface area contributed by atoms with Gasteiger partial charge in [-0.3, -0.25) is 4.79 Å². The first-order valence-electron chi connectivity index (χ1n) is 7.28. The van der Waals surface area contributed by atoms with Gasteiger partial charge in [0.2, 0.25) is 0 Å². The average molecular weight is 275 g/mol. The highest BCUT2D eigenvalue weighted by molar-refractivity contribution is 5.81. The summed E-state index contributed by atoms with van der Waals surface area (Å²) in [6.45, 7) is 11.2. The Balaban J connectivity index is 2.72. The number of hydrogen-bond donors (Lipinski definition) is 0.